The second-order valence-electron chi connectivity index (χ2n) is 5.52. The van der Waals surface area contributed by atoms with E-state index < -0.39 is 0 Å². The first-order chi connectivity index (χ1) is 8.04. The van der Waals surface area contributed by atoms with Gasteiger partial charge in [-0.3, -0.25) is 4.79 Å². The van der Waals surface area contributed by atoms with Crippen LogP contribution in [0.25, 0.3) is 0 Å². The Labute approximate surface area is 104 Å². The summed E-state index contributed by atoms with van der Waals surface area (Å²) in [5, 5.41) is 12.5. The van der Waals surface area contributed by atoms with E-state index in [-0.39, 0.29) is 23.8 Å². The van der Waals surface area contributed by atoms with Crippen molar-refractivity contribution >= 4 is 5.91 Å². The van der Waals surface area contributed by atoms with Crippen LogP contribution in [0, 0.1) is 17.8 Å². The van der Waals surface area contributed by atoms with Gasteiger partial charge in [-0.2, -0.15) is 0 Å². The van der Waals surface area contributed by atoms with Gasteiger partial charge in [0.2, 0.25) is 5.91 Å². The predicted molar refractivity (Wildman–Crippen MR) is 68.4 cm³/mol. The maximum Gasteiger partial charge on any atom is 0.224 e. The SMILES string of the molecule is CC(C)C(CN)C(=O)NCC1CCCC(O)C1. The molecule has 4 N–H and O–H groups in total. The van der Waals surface area contributed by atoms with Crippen LogP contribution in [0.3, 0.4) is 0 Å². The summed E-state index contributed by atoms with van der Waals surface area (Å²) in [4.78, 5) is 11.9. The molecule has 1 aliphatic rings. The molecule has 1 saturated carbocycles. The highest BCUT2D eigenvalue weighted by Crippen LogP contribution is 2.23. The highest BCUT2D eigenvalue weighted by molar-refractivity contribution is 5.79. The van der Waals surface area contributed by atoms with Gasteiger partial charge in [-0.15, -0.1) is 0 Å². The number of carbonyl (C=O) groups excluding carboxylic acids is 1. The van der Waals surface area contributed by atoms with Crippen molar-refractivity contribution in [3.63, 3.8) is 0 Å². The maximum atomic E-state index is 11.9. The van der Waals surface area contributed by atoms with Gasteiger partial charge in [0.25, 0.3) is 0 Å². The Bertz CT molecular complexity index is 244. The third kappa shape index (κ3) is 4.64. The second kappa shape index (κ2) is 6.97. The minimum absolute atomic E-state index is 0.0579. The fourth-order valence-corrected chi connectivity index (χ4v) is 2.51. The number of hydrogen-bond donors (Lipinski definition) is 3. The minimum Gasteiger partial charge on any atom is -0.393 e. The van der Waals surface area contributed by atoms with E-state index >= 15 is 0 Å². The maximum absolute atomic E-state index is 11.9. The van der Waals surface area contributed by atoms with Gasteiger partial charge < -0.3 is 16.2 Å². The fourth-order valence-electron chi connectivity index (χ4n) is 2.51. The van der Waals surface area contributed by atoms with Crippen LogP contribution in [-0.4, -0.2) is 30.2 Å². The van der Waals surface area contributed by atoms with Gasteiger partial charge in [0, 0.05) is 13.1 Å². The zero-order valence-corrected chi connectivity index (χ0v) is 11.0. The first-order valence-electron chi connectivity index (χ1n) is 6.70. The Morgan fingerprint density at radius 2 is 2.18 bits per heavy atom. The van der Waals surface area contributed by atoms with Gasteiger partial charge in [0.15, 0.2) is 0 Å². The molecule has 4 heteroatoms. The molecule has 1 rings (SSSR count). The summed E-state index contributed by atoms with van der Waals surface area (Å²) in [6.07, 6.45) is 3.70. The number of amides is 1. The number of aliphatic hydroxyl groups excluding tert-OH is 1. The molecule has 100 valence electrons. The number of aliphatic hydroxyl groups is 1. The molecular weight excluding hydrogens is 216 g/mol. The Morgan fingerprint density at radius 3 is 2.71 bits per heavy atom. The molecule has 0 aromatic heterocycles. The van der Waals surface area contributed by atoms with E-state index in [4.69, 9.17) is 5.73 Å². The van der Waals surface area contributed by atoms with Crippen molar-refractivity contribution in [2.75, 3.05) is 13.1 Å². The lowest BCUT2D eigenvalue weighted by Gasteiger charge is -2.27. The highest BCUT2D eigenvalue weighted by atomic mass is 16.3. The van der Waals surface area contributed by atoms with E-state index in [1.54, 1.807) is 0 Å². The Kier molecular flexibility index (Phi) is 5.92. The predicted octanol–water partition coefficient (Wildman–Crippen LogP) is 0.885. The summed E-state index contributed by atoms with van der Waals surface area (Å²) in [5.41, 5.74) is 5.60. The smallest absolute Gasteiger partial charge is 0.224 e. The molecule has 0 aromatic carbocycles. The molecule has 17 heavy (non-hydrogen) atoms. The molecule has 0 heterocycles. The number of rotatable bonds is 5. The van der Waals surface area contributed by atoms with Crippen molar-refractivity contribution in [2.45, 2.75) is 45.6 Å². The molecule has 0 radical (unpaired) electrons. The van der Waals surface area contributed by atoms with Gasteiger partial charge in [-0.05, 0) is 31.1 Å². The molecule has 1 aliphatic carbocycles. The van der Waals surface area contributed by atoms with Crippen LogP contribution in [0.1, 0.15) is 39.5 Å². The molecule has 0 spiro atoms. The Morgan fingerprint density at radius 1 is 1.47 bits per heavy atom. The quantitative estimate of drug-likeness (QED) is 0.670. The molecule has 0 bridgehead atoms. The van der Waals surface area contributed by atoms with Crippen molar-refractivity contribution in [2.24, 2.45) is 23.5 Å². The normalized spacial score (nSPS) is 26.9. The minimum atomic E-state index is -0.180. The van der Waals surface area contributed by atoms with Gasteiger partial charge in [0.1, 0.15) is 0 Å². The Hall–Kier alpha value is -0.610. The number of carbonyl (C=O) groups is 1. The van der Waals surface area contributed by atoms with Crippen molar-refractivity contribution in [1.82, 2.24) is 5.32 Å². The van der Waals surface area contributed by atoms with E-state index in [1.807, 2.05) is 13.8 Å². The molecule has 4 nitrogen and oxygen atoms in total. The zero-order valence-electron chi connectivity index (χ0n) is 11.0. The van der Waals surface area contributed by atoms with E-state index in [0.29, 0.717) is 19.0 Å². The molecule has 3 atom stereocenters. The molecule has 0 saturated heterocycles. The second-order valence-corrected chi connectivity index (χ2v) is 5.52. The van der Waals surface area contributed by atoms with Crippen molar-refractivity contribution in [3.8, 4) is 0 Å². The number of hydrogen-bond acceptors (Lipinski definition) is 3. The molecule has 3 unspecified atom stereocenters. The zero-order chi connectivity index (χ0) is 12.8. The van der Waals surface area contributed by atoms with Crippen LogP contribution in [0.5, 0.6) is 0 Å². The molecule has 1 amide bonds. The lowest BCUT2D eigenvalue weighted by atomic mass is 9.87. The lowest BCUT2D eigenvalue weighted by Crippen LogP contribution is -2.41. The average Bonchev–Trinajstić information content (AvgIpc) is 2.27. The highest BCUT2D eigenvalue weighted by Gasteiger charge is 2.23. The van der Waals surface area contributed by atoms with Crippen molar-refractivity contribution in [1.29, 1.82) is 0 Å². The van der Waals surface area contributed by atoms with Crippen LogP contribution in [0.4, 0.5) is 0 Å². The van der Waals surface area contributed by atoms with Gasteiger partial charge in [-0.25, -0.2) is 0 Å². The largest absolute Gasteiger partial charge is 0.393 e. The van der Waals surface area contributed by atoms with Crippen molar-refractivity contribution < 1.29 is 9.90 Å². The summed E-state index contributed by atoms with van der Waals surface area (Å²) in [6.45, 7) is 5.11. The standard InChI is InChI=1S/C13H26N2O2/c1-9(2)12(7-14)13(17)15-8-10-4-3-5-11(16)6-10/h9-12,16H,3-8,14H2,1-2H3,(H,15,17). The average molecular weight is 242 g/mol. The number of nitrogens with two attached hydrogens (primary N) is 1. The van der Waals surface area contributed by atoms with Crippen LogP contribution in [0.15, 0.2) is 0 Å². The van der Waals surface area contributed by atoms with E-state index in [2.05, 4.69) is 5.32 Å². The summed E-state index contributed by atoms with van der Waals surface area (Å²) < 4.78 is 0. The van der Waals surface area contributed by atoms with Crippen LogP contribution >= 0.6 is 0 Å². The third-order valence-electron chi connectivity index (χ3n) is 3.72. The first kappa shape index (κ1) is 14.5. The molecule has 1 fully saturated rings. The van der Waals surface area contributed by atoms with Crippen molar-refractivity contribution in [3.05, 3.63) is 0 Å². The lowest BCUT2D eigenvalue weighted by molar-refractivity contribution is -0.126. The van der Waals surface area contributed by atoms with Gasteiger partial charge >= 0.3 is 0 Å². The van der Waals surface area contributed by atoms with Gasteiger partial charge in [-0.1, -0.05) is 20.3 Å². The summed E-state index contributed by atoms with van der Waals surface area (Å²) in [6, 6.07) is 0. The molecular formula is C13H26N2O2. The number of nitrogens with one attached hydrogen (secondary N) is 1. The van der Waals surface area contributed by atoms with Crippen LogP contribution < -0.4 is 11.1 Å². The monoisotopic (exact) mass is 242 g/mol. The first-order valence-corrected chi connectivity index (χ1v) is 6.70. The molecule has 0 aromatic rings. The van der Waals surface area contributed by atoms with E-state index in [0.717, 1.165) is 25.7 Å². The van der Waals surface area contributed by atoms with Gasteiger partial charge in [0.05, 0.1) is 12.0 Å². The van der Waals surface area contributed by atoms with E-state index in [9.17, 15) is 9.90 Å². The summed E-state index contributed by atoms with van der Waals surface area (Å²) >= 11 is 0. The molecule has 0 aliphatic heterocycles. The topological polar surface area (TPSA) is 75.4 Å². The summed E-state index contributed by atoms with van der Waals surface area (Å²) in [7, 11) is 0. The van der Waals surface area contributed by atoms with Crippen LogP contribution in [0.2, 0.25) is 0 Å². The third-order valence-corrected chi connectivity index (χ3v) is 3.72. The van der Waals surface area contributed by atoms with Crippen LogP contribution in [-0.2, 0) is 4.79 Å². The summed E-state index contributed by atoms with van der Waals surface area (Å²) in [5.74, 6) is 0.663. The Balaban J connectivity index is 2.31. The fraction of sp³-hybridized carbons (Fsp3) is 0.923. The van der Waals surface area contributed by atoms with E-state index in [1.165, 1.54) is 0 Å².